The second-order valence-corrected chi connectivity index (χ2v) is 8.71. The molecule has 12 heteroatoms. The van der Waals surface area contributed by atoms with Crippen LogP contribution in [-0.4, -0.2) is 41.0 Å². The molecule has 0 fully saturated rings. The fourth-order valence-corrected chi connectivity index (χ4v) is 4.14. The van der Waals surface area contributed by atoms with Crippen molar-refractivity contribution in [3.05, 3.63) is 90.0 Å². The molecular formula is C29H23FN6O5. The summed E-state index contributed by atoms with van der Waals surface area (Å²) < 4.78 is 29.6. The minimum absolute atomic E-state index is 0.112. The summed E-state index contributed by atoms with van der Waals surface area (Å²) in [7, 11) is 2.94. The Hall–Kier alpha value is -5.78. The molecule has 0 atom stereocenters. The van der Waals surface area contributed by atoms with Gasteiger partial charge >= 0.3 is 6.01 Å². The van der Waals surface area contributed by atoms with Crippen LogP contribution in [0.15, 0.2) is 73.1 Å². The fraction of sp³-hybridized carbons (Fsp3) is 0.0690. The summed E-state index contributed by atoms with van der Waals surface area (Å²) in [5.41, 5.74) is 14.0. The number of carbonyl (C=O) groups excluding carboxylic acids is 2. The number of nitrogens with one attached hydrogen (secondary N) is 1. The van der Waals surface area contributed by atoms with Crippen LogP contribution < -0.4 is 31.0 Å². The van der Waals surface area contributed by atoms with E-state index in [9.17, 15) is 14.0 Å². The van der Waals surface area contributed by atoms with E-state index in [2.05, 4.69) is 20.3 Å². The van der Waals surface area contributed by atoms with Gasteiger partial charge in [0.05, 0.1) is 36.6 Å². The lowest BCUT2D eigenvalue weighted by Crippen LogP contribution is -2.15. The first kappa shape index (κ1) is 26.8. The van der Waals surface area contributed by atoms with Crippen molar-refractivity contribution in [2.75, 3.05) is 19.5 Å². The predicted octanol–water partition coefficient (Wildman–Crippen LogP) is 4.58. The Morgan fingerprint density at radius 2 is 1.63 bits per heavy atom. The number of hydrogen-bond acceptors (Lipinski definition) is 9. The maximum absolute atomic E-state index is 13.3. The standard InChI is InChI=1S/C29H23FN6O5/c1-39-28-22(13-34-29(36-28)40-2)15-3-8-21-24(11-15)33-14-23(27(32)38)25(21)35-18-9-16(26(31)37)10-20(12-18)41-19-6-4-17(30)5-7-19/h3-14H,1-2H3,(H2,31,37)(H2,32,38)(H,33,35). The first-order valence-electron chi connectivity index (χ1n) is 12.1. The molecular weight excluding hydrogens is 531 g/mol. The largest absolute Gasteiger partial charge is 0.480 e. The van der Waals surface area contributed by atoms with Gasteiger partial charge in [-0.15, -0.1) is 0 Å². The average Bonchev–Trinajstić information content (AvgIpc) is 2.97. The van der Waals surface area contributed by atoms with Gasteiger partial charge in [0.25, 0.3) is 5.91 Å². The highest BCUT2D eigenvalue weighted by Crippen LogP contribution is 2.36. The summed E-state index contributed by atoms with van der Waals surface area (Å²) >= 11 is 0. The van der Waals surface area contributed by atoms with Gasteiger partial charge in [0, 0.05) is 35.1 Å². The number of rotatable bonds is 9. The second-order valence-electron chi connectivity index (χ2n) is 8.71. The van der Waals surface area contributed by atoms with Crippen LogP contribution >= 0.6 is 0 Å². The lowest BCUT2D eigenvalue weighted by atomic mass is 10.0. The summed E-state index contributed by atoms with van der Waals surface area (Å²) in [6.45, 7) is 0. The minimum Gasteiger partial charge on any atom is -0.480 e. The monoisotopic (exact) mass is 554 g/mol. The zero-order valence-corrected chi connectivity index (χ0v) is 21.8. The topological polar surface area (TPSA) is 165 Å². The van der Waals surface area contributed by atoms with Crippen molar-refractivity contribution < 1.29 is 28.2 Å². The summed E-state index contributed by atoms with van der Waals surface area (Å²) in [5.74, 6) is -0.937. The highest BCUT2D eigenvalue weighted by Gasteiger charge is 2.18. The zero-order chi connectivity index (χ0) is 29.1. The number of anilines is 2. The fourth-order valence-electron chi connectivity index (χ4n) is 4.14. The highest BCUT2D eigenvalue weighted by atomic mass is 19.1. The molecule has 0 unspecified atom stereocenters. The number of methoxy groups -OCH3 is 2. The molecule has 11 nitrogen and oxygen atoms in total. The quantitative estimate of drug-likeness (QED) is 0.236. The molecule has 0 saturated heterocycles. The molecule has 0 aliphatic heterocycles. The maximum Gasteiger partial charge on any atom is 0.319 e. The molecule has 2 aromatic heterocycles. The van der Waals surface area contributed by atoms with E-state index in [0.717, 1.165) is 0 Å². The van der Waals surface area contributed by atoms with Crippen LogP contribution in [0, 0.1) is 5.82 Å². The summed E-state index contributed by atoms with van der Waals surface area (Å²) in [4.78, 5) is 37.3. The highest BCUT2D eigenvalue weighted by molar-refractivity contribution is 6.08. The Bertz CT molecular complexity index is 1800. The molecule has 5 rings (SSSR count). The maximum atomic E-state index is 13.3. The number of ether oxygens (including phenoxy) is 3. The van der Waals surface area contributed by atoms with Crippen molar-refractivity contribution in [2.45, 2.75) is 0 Å². The average molecular weight is 555 g/mol. The lowest BCUT2D eigenvalue weighted by Gasteiger charge is -2.16. The van der Waals surface area contributed by atoms with Crippen LogP contribution in [0.5, 0.6) is 23.4 Å². The Morgan fingerprint density at radius 3 is 2.32 bits per heavy atom. The van der Waals surface area contributed by atoms with E-state index in [1.807, 2.05) is 0 Å². The summed E-state index contributed by atoms with van der Waals surface area (Å²) in [5, 5.41) is 3.73. The third kappa shape index (κ3) is 5.66. The van der Waals surface area contributed by atoms with Crippen LogP contribution in [-0.2, 0) is 0 Å². The predicted molar refractivity (Wildman–Crippen MR) is 149 cm³/mol. The van der Waals surface area contributed by atoms with Crippen molar-refractivity contribution in [1.82, 2.24) is 15.0 Å². The van der Waals surface area contributed by atoms with E-state index in [0.29, 0.717) is 45.0 Å². The normalized spacial score (nSPS) is 10.7. The van der Waals surface area contributed by atoms with Crippen LogP contribution in [0.1, 0.15) is 20.7 Å². The number of aromatic nitrogens is 3. The van der Waals surface area contributed by atoms with Crippen LogP contribution in [0.3, 0.4) is 0 Å². The molecule has 0 spiro atoms. The summed E-state index contributed by atoms with van der Waals surface area (Å²) in [6, 6.07) is 15.4. The van der Waals surface area contributed by atoms with Crippen LogP contribution in [0.4, 0.5) is 15.8 Å². The zero-order valence-electron chi connectivity index (χ0n) is 21.8. The number of primary amides is 2. The molecule has 0 radical (unpaired) electrons. The van der Waals surface area contributed by atoms with Gasteiger partial charge in [0.1, 0.15) is 17.3 Å². The number of benzene rings is 3. The second kappa shape index (κ2) is 11.1. The Kier molecular flexibility index (Phi) is 7.29. The molecule has 206 valence electrons. The molecule has 0 saturated carbocycles. The van der Waals surface area contributed by atoms with Gasteiger partial charge in [0.2, 0.25) is 11.8 Å². The van der Waals surface area contributed by atoms with E-state index in [4.69, 9.17) is 25.7 Å². The van der Waals surface area contributed by atoms with Crippen molar-refractivity contribution in [2.24, 2.45) is 11.5 Å². The molecule has 3 aromatic carbocycles. The van der Waals surface area contributed by atoms with Gasteiger partial charge < -0.3 is 31.0 Å². The van der Waals surface area contributed by atoms with Crippen molar-refractivity contribution in [3.8, 4) is 34.5 Å². The molecule has 2 amide bonds. The van der Waals surface area contributed by atoms with Crippen molar-refractivity contribution in [3.63, 3.8) is 0 Å². The number of pyridine rings is 1. The Labute approximate surface area is 232 Å². The smallest absolute Gasteiger partial charge is 0.319 e. The Morgan fingerprint density at radius 1 is 0.854 bits per heavy atom. The van der Waals surface area contributed by atoms with Gasteiger partial charge in [-0.25, -0.2) is 9.37 Å². The molecule has 0 bridgehead atoms. The molecule has 0 aliphatic rings. The van der Waals surface area contributed by atoms with Gasteiger partial charge in [-0.05, 0) is 48.0 Å². The van der Waals surface area contributed by atoms with Crippen LogP contribution in [0.25, 0.3) is 22.0 Å². The SMILES string of the molecule is COc1ncc(-c2ccc3c(Nc4cc(Oc5ccc(F)cc5)cc(C(N)=O)c4)c(C(N)=O)cnc3c2)c(OC)n1. The number of fused-ring (bicyclic) bond motifs is 1. The minimum atomic E-state index is -0.718. The van der Waals surface area contributed by atoms with Gasteiger partial charge in [-0.3, -0.25) is 14.6 Å². The van der Waals surface area contributed by atoms with E-state index >= 15 is 0 Å². The number of nitrogens with zero attached hydrogens (tertiary/aromatic N) is 3. The molecule has 0 aliphatic carbocycles. The van der Waals surface area contributed by atoms with Gasteiger partial charge in [-0.2, -0.15) is 4.98 Å². The Balaban J connectivity index is 1.58. The molecule has 5 N–H and O–H groups in total. The van der Waals surface area contributed by atoms with Gasteiger partial charge in [-0.1, -0.05) is 12.1 Å². The van der Waals surface area contributed by atoms with E-state index in [-0.39, 0.29) is 22.9 Å². The summed E-state index contributed by atoms with van der Waals surface area (Å²) in [6.07, 6.45) is 2.92. The van der Waals surface area contributed by atoms with Crippen molar-refractivity contribution >= 4 is 34.1 Å². The van der Waals surface area contributed by atoms with E-state index in [1.54, 1.807) is 30.5 Å². The van der Waals surface area contributed by atoms with E-state index < -0.39 is 17.6 Å². The number of nitrogens with two attached hydrogens (primary N) is 2. The number of carbonyl (C=O) groups is 2. The first-order valence-corrected chi connectivity index (χ1v) is 12.1. The molecule has 5 aromatic rings. The van der Waals surface area contributed by atoms with E-state index in [1.165, 1.54) is 56.8 Å². The lowest BCUT2D eigenvalue weighted by molar-refractivity contribution is 0.0992. The number of halogens is 1. The number of amides is 2. The molecule has 2 heterocycles. The third-order valence-electron chi connectivity index (χ3n) is 6.06. The molecule has 41 heavy (non-hydrogen) atoms. The van der Waals surface area contributed by atoms with Crippen LogP contribution in [0.2, 0.25) is 0 Å². The first-order chi connectivity index (χ1) is 19.7. The van der Waals surface area contributed by atoms with Crippen molar-refractivity contribution in [1.29, 1.82) is 0 Å². The number of hydrogen-bond donors (Lipinski definition) is 3. The third-order valence-corrected chi connectivity index (χ3v) is 6.06. The van der Waals surface area contributed by atoms with Gasteiger partial charge in [0.15, 0.2) is 0 Å².